The van der Waals surface area contributed by atoms with Crippen molar-refractivity contribution < 1.29 is 26.8 Å². The fourth-order valence-electron chi connectivity index (χ4n) is 3.21. The third kappa shape index (κ3) is 4.59. The fraction of sp³-hybridized carbons (Fsp3) is 0.368. The monoisotopic (exact) mass is 408 g/mol. The minimum atomic E-state index is -3.99. The van der Waals surface area contributed by atoms with Crippen molar-refractivity contribution in [2.24, 2.45) is 0 Å². The highest BCUT2D eigenvalue weighted by molar-refractivity contribution is 7.91. The summed E-state index contributed by atoms with van der Waals surface area (Å²) in [5.74, 6) is -2.15. The van der Waals surface area contributed by atoms with Crippen molar-refractivity contribution in [2.45, 2.75) is 41.9 Å². The van der Waals surface area contributed by atoms with Crippen LogP contribution in [0.5, 0.6) is 0 Å². The number of amides is 2. The molecule has 1 aromatic carbocycles. The Bertz CT molecular complexity index is 920. The molecular formula is C19H21FN2O5S. The Morgan fingerprint density at radius 1 is 1.11 bits per heavy atom. The van der Waals surface area contributed by atoms with E-state index in [1.54, 1.807) is 0 Å². The lowest BCUT2D eigenvalue weighted by molar-refractivity contribution is -0.139. The van der Waals surface area contributed by atoms with Crippen LogP contribution in [0.15, 0.2) is 52.0 Å². The summed E-state index contributed by atoms with van der Waals surface area (Å²) in [4.78, 5) is 24.0. The first-order valence-corrected chi connectivity index (χ1v) is 10.5. The summed E-state index contributed by atoms with van der Waals surface area (Å²) in [6, 6.07) is 7.35. The molecule has 3 rings (SSSR count). The Morgan fingerprint density at radius 2 is 1.79 bits per heavy atom. The van der Waals surface area contributed by atoms with E-state index < -0.39 is 32.7 Å². The molecule has 2 aromatic rings. The molecule has 2 N–H and O–H groups in total. The molecule has 150 valence electrons. The molecule has 2 amide bonds. The third-order valence-electron chi connectivity index (χ3n) is 4.72. The second-order valence-corrected chi connectivity index (χ2v) is 8.80. The third-order valence-corrected chi connectivity index (χ3v) is 6.80. The van der Waals surface area contributed by atoms with Crippen molar-refractivity contribution in [1.29, 1.82) is 0 Å². The number of carbonyl (C=O) groups is 2. The molecule has 0 spiro atoms. The van der Waals surface area contributed by atoms with Gasteiger partial charge in [-0.05, 0) is 49.2 Å². The van der Waals surface area contributed by atoms with Gasteiger partial charge in [0.1, 0.15) is 16.8 Å². The van der Waals surface area contributed by atoms with E-state index in [-0.39, 0.29) is 23.2 Å². The summed E-state index contributed by atoms with van der Waals surface area (Å²) in [5, 5.41) is 3.76. The van der Waals surface area contributed by atoms with Gasteiger partial charge in [-0.3, -0.25) is 9.59 Å². The Hall–Kier alpha value is -2.68. The van der Waals surface area contributed by atoms with E-state index in [2.05, 4.69) is 10.6 Å². The second-order valence-electron chi connectivity index (χ2n) is 6.67. The minimum Gasteiger partial charge on any atom is -0.468 e. The fourth-order valence-corrected chi connectivity index (χ4v) is 4.80. The molecule has 0 saturated heterocycles. The molecule has 0 unspecified atom stereocenters. The zero-order valence-electron chi connectivity index (χ0n) is 15.1. The van der Waals surface area contributed by atoms with Gasteiger partial charge in [0, 0.05) is 12.6 Å². The normalized spacial score (nSPS) is 15.9. The molecule has 1 atom stereocenters. The quantitative estimate of drug-likeness (QED) is 0.563. The van der Waals surface area contributed by atoms with E-state index in [0.29, 0.717) is 0 Å². The van der Waals surface area contributed by atoms with Crippen LogP contribution >= 0.6 is 0 Å². The first kappa shape index (κ1) is 20.1. The molecule has 7 nitrogen and oxygen atoms in total. The van der Waals surface area contributed by atoms with E-state index in [1.807, 2.05) is 0 Å². The number of sulfone groups is 1. The topological polar surface area (TPSA) is 105 Å². The van der Waals surface area contributed by atoms with E-state index in [0.717, 1.165) is 49.9 Å². The summed E-state index contributed by atoms with van der Waals surface area (Å²) in [7, 11) is -3.99. The number of furan rings is 1. The van der Waals surface area contributed by atoms with Crippen molar-refractivity contribution in [3.8, 4) is 0 Å². The number of benzene rings is 1. The first-order valence-electron chi connectivity index (χ1n) is 8.99. The number of nitrogens with one attached hydrogen (secondary N) is 2. The predicted molar refractivity (Wildman–Crippen MR) is 98.4 cm³/mol. The Labute approximate surface area is 162 Å². The number of halogens is 1. The van der Waals surface area contributed by atoms with E-state index in [9.17, 15) is 22.4 Å². The maximum Gasteiger partial charge on any atom is 0.309 e. The van der Waals surface area contributed by atoms with Crippen LogP contribution in [0.3, 0.4) is 0 Å². The van der Waals surface area contributed by atoms with Crippen LogP contribution in [0, 0.1) is 5.82 Å². The SMILES string of the molecule is O=C(NC[C@@H](c1ccco1)S(=O)(=O)c1ccc(F)cc1)C(=O)NC1CCCC1. The lowest BCUT2D eigenvalue weighted by atomic mass is 10.2. The summed E-state index contributed by atoms with van der Waals surface area (Å²) in [6.45, 7) is -0.357. The number of hydrogen-bond acceptors (Lipinski definition) is 5. The van der Waals surface area contributed by atoms with Crippen LogP contribution in [-0.2, 0) is 19.4 Å². The van der Waals surface area contributed by atoms with Gasteiger partial charge in [-0.25, -0.2) is 12.8 Å². The standard InChI is InChI=1S/C19H21FN2O5S/c20-13-7-9-15(10-8-13)28(25,26)17(16-6-3-11-27-16)12-21-18(23)19(24)22-14-4-1-2-5-14/h3,6-11,14,17H,1-2,4-5,12H2,(H,21,23)(H,22,24)/t17-/m0/s1. The van der Waals surface area contributed by atoms with Crippen LogP contribution in [0.2, 0.25) is 0 Å². The number of rotatable bonds is 6. The predicted octanol–water partition coefficient (Wildman–Crippen LogP) is 2.11. The van der Waals surface area contributed by atoms with Crippen molar-refractivity contribution in [2.75, 3.05) is 6.54 Å². The molecular weight excluding hydrogens is 387 g/mol. The molecule has 1 fully saturated rings. The Balaban J connectivity index is 1.73. The maximum atomic E-state index is 13.1. The summed E-state index contributed by atoms with van der Waals surface area (Å²) in [6.07, 6.45) is 4.98. The van der Waals surface area contributed by atoms with E-state index >= 15 is 0 Å². The van der Waals surface area contributed by atoms with Gasteiger partial charge < -0.3 is 15.1 Å². The highest BCUT2D eigenvalue weighted by Gasteiger charge is 2.32. The summed E-state index contributed by atoms with van der Waals surface area (Å²) < 4.78 is 44.3. The van der Waals surface area contributed by atoms with Crippen molar-refractivity contribution >= 4 is 21.7 Å². The molecule has 1 aliphatic carbocycles. The zero-order chi connectivity index (χ0) is 20.1. The zero-order valence-corrected chi connectivity index (χ0v) is 15.9. The largest absolute Gasteiger partial charge is 0.468 e. The van der Waals surface area contributed by atoms with E-state index in [1.165, 1.54) is 18.4 Å². The average molecular weight is 408 g/mol. The van der Waals surface area contributed by atoms with Gasteiger partial charge >= 0.3 is 11.8 Å². The maximum absolute atomic E-state index is 13.1. The average Bonchev–Trinajstić information content (AvgIpc) is 3.36. The number of carbonyl (C=O) groups excluding carboxylic acids is 2. The molecule has 1 aromatic heterocycles. The van der Waals surface area contributed by atoms with Crippen molar-refractivity contribution in [3.05, 3.63) is 54.2 Å². The molecule has 28 heavy (non-hydrogen) atoms. The lowest BCUT2D eigenvalue weighted by Crippen LogP contribution is -2.45. The molecule has 1 saturated carbocycles. The van der Waals surface area contributed by atoms with Gasteiger partial charge in [0.15, 0.2) is 9.84 Å². The summed E-state index contributed by atoms with van der Waals surface area (Å²) in [5.41, 5.74) is 0. The highest BCUT2D eigenvalue weighted by Crippen LogP contribution is 2.29. The van der Waals surface area contributed by atoms with Crippen molar-refractivity contribution in [1.82, 2.24) is 10.6 Å². The van der Waals surface area contributed by atoms with Crippen molar-refractivity contribution in [3.63, 3.8) is 0 Å². The first-order chi connectivity index (χ1) is 13.4. The second kappa shape index (κ2) is 8.55. The lowest BCUT2D eigenvalue weighted by Gasteiger charge is -2.17. The van der Waals surface area contributed by atoms with Crippen LogP contribution in [0.4, 0.5) is 4.39 Å². The van der Waals surface area contributed by atoms with E-state index in [4.69, 9.17) is 4.42 Å². The van der Waals surface area contributed by atoms with Gasteiger partial charge in [0.05, 0.1) is 11.2 Å². The highest BCUT2D eigenvalue weighted by atomic mass is 32.2. The molecule has 0 radical (unpaired) electrons. The van der Waals surface area contributed by atoms with Crippen LogP contribution in [0.25, 0.3) is 0 Å². The molecule has 9 heteroatoms. The molecule has 0 bridgehead atoms. The number of hydrogen-bond donors (Lipinski definition) is 2. The smallest absolute Gasteiger partial charge is 0.309 e. The Morgan fingerprint density at radius 3 is 2.39 bits per heavy atom. The minimum absolute atomic E-state index is 0.0259. The van der Waals surface area contributed by atoms with Gasteiger partial charge in [-0.15, -0.1) is 0 Å². The molecule has 1 aliphatic rings. The van der Waals surface area contributed by atoms with Gasteiger partial charge in [-0.2, -0.15) is 0 Å². The summed E-state index contributed by atoms with van der Waals surface area (Å²) >= 11 is 0. The van der Waals surface area contributed by atoms with Crippen LogP contribution in [-0.4, -0.2) is 32.8 Å². The molecule has 0 aliphatic heterocycles. The van der Waals surface area contributed by atoms with Crippen LogP contribution < -0.4 is 10.6 Å². The van der Waals surface area contributed by atoms with Gasteiger partial charge in [0.25, 0.3) is 0 Å². The van der Waals surface area contributed by atoms with Gasteiger partial charge in [0.2, 0.25) is 0 Å². The molecule has 1 heterocycles. The van der Waals surface area contributed by atoms with Gasteiger partial charge in [-0.1, -0.05) is 12.8 Å². The van der Waals surface area contributed by atoms with Crippen LogP contribution in [0.1, 0.15) is 36.7 Å². The Kier molecular flexibility index (Phi) is 6.13.